The first-order valence-corrected chi connectivity index (χ1v) is 20.3. The van der Waals surface area contributed by atoms with Crippen LogP contribution in [0.15, 0.2) is 218 Å². The molecule has 274 valence electrons. The van der Waals surface area contributed by atoms with E-state index in [0.717, 1.165) is 44.3 Å². The molecule has 2 aromatic heterocycles. The lowest BCUT2D eigenvalue weighted by Crippen LogP contribution is -2.28. The van der Waals surface area contributed by atoms with Gasteiger partial charge in [-0.1, -0.05) is 200 Å². The standard InChI is InChI=1S/C57H36N2/c1-4-14-37(15-5-1)52-34-30-38-26-27-39-31-35-53(59-56(39)55(38)58-52)49-24-13-22-46-44(21-12-23-47(46)49)40-28-32-45-41(36-40)29-33-50-48-20-10-11-25-51(48)57(54(45)50,42-16-6-2-7-17-42)43-18-8-3-9-19-43/h1-36H. The van der Waals surface area contributed by atoms with Gasteiger partial charge < -0.3 is 0 Å². The van der Waals surface area contributed by atoms with Crippen LogP contribution in [0.2, 0.25) is 0 Å². The highest BCUT2D eigenvalue weighted by atomic mass is 14.8. The van der Waals surface area contributed by atoms with Crippen molar-refractivity contribution in [2.75, 3.05) is 0 Å². The Hall–Kier alpha value is -7.68. The maximum atomic E-state index is 5.35. The number of benzene rings is 9. The van der Waals surface area contributed by atoms with Gasteiger partial charge in [0.25, 0.3) is 0 Å². The zero-order valence-corrected chi connectivity index (χ0v) is 32.2. The van der Waals surface area contributed by atoms with Crippen molar-refractivity contribution in [1.82, 2.24) is 9.97 Å². The lowest BCUT2D eigenvalue weighted by atomic mass is 9.66. The fourth-order valence-electron chi connectivity index (χ4n) is 9.92. The van der Waals surface area contributed by atoms with E-state index in [1.54, 1.807) is 0 Å². The normalized spacial score (nSPS) is 12.9. The van der Waals surface area contributed by atoms with Crippen molar-refractivity contribution in [3.05, 3.63) is 241 Å². The third-order valence-corrected chi connectivity index (χ3v) is 12.5. The summed E-state index contributed by atoms with van der Waals surface area (Å²) < 4.78 is 0. The van der Waals surface area contributed by atoms with Gasteiger partial charge in [-0.25, -0.2) is 9.97 Å². The largest absolute Gasteiger partial charge is 0.245 e. The maximum absolute atomic E-state index is 5.35. The Morgan fingerprint density at radius 3 is 1.56 bits per heavy atom. The molecule has 0 spiro atoms. The molecule has 59 heavy (non-hydrogen) atoms. The Labute approximate surface area is 342 Å². The molecule has 0 amide bonds. The van der Waals surface area contributed by atoms with Crippen LogP contribution >= 0.6 is 0 Å². The Morgan fingerprint density at radius 1 is 0.305 bits per heavy atom. The lowest BCUT2D eigenvalue weighted by Gasteiger charge is -2.34. The van der Waals surface area contributed by atoms with Crippen molar-refractivity contribution in [1.29, 1.82) is 0 Å². The Bertz CT molecular complexity index is 3390. The summed E-state index contributed by atoms with van der Waals surface area (Å²) in [5, 5.41) is 7.03. The van der Waals surface area contributed by atoms with Gasteiger partial charge in [-0.15, -0.1) is 0 Å². The minimum absolute atomic E-state index is 0.458. The van der Waals surface area contributed by atoms with Crippen LogP contribution in [0.5, 0.6) is 0 Å². The van der Waals surface area contributed by atoms with Crippen molar-refractivity contribution in [3.63, 3.8) is 0 Å². The van der Waals surface area contributed by atoms with E-state index in [9.17, 15) is 0 Å². The number of aromatic nitrogens is 2. The van der Waals surface area contributed by atoms with Gasteiger partial charge >= 0.3 is 0 Å². The van der Waals surface area contributed by atoms with Gasteiger partial charge in [0.1, 0.15) is 0 Å². The summed E-state index contributed by atoms with van der Waals surface area (Å²) in [6.45, 7) is 0. The SMILES string of the molecule is c1ccc(-c2ccc3ccc4ccc(-c5cccc6c(-c7ccc8c9c(ccc8c7)-c7ccccc7C9(c7ccccc7)c7ccccc7)cccc56)nc4c3n2)cc1. The van der Waals surface area contributed by atoms with E-state index in [1.165, 1.54) is 66.1 Å². The Balaban J connectivity index is 1.02. The fraction of sp³-hybridized carbons (Fsp3) is 0.0175. The molecule has 9 aromatic carbocycles. The van der Waals surface area contributed by atoms with E-state index < -0.39 is 5.41 Å². The van der Waals surface area contributed by atoms with E-state index in [-0.39, 0.29) is 0 Å². The Kier molecular flexibility index (Phi) is 7.48. The minimum Gasteiger partial charge on any atom is -0.245 e. The number of hydrogen-bond acceptors (Lipinski definition) is 2. The molecule has 0 fully saturated rings. The van der Waals surface area contributed by atoms with Gasteiger partial charge in [-0.3, -0.25) is 0 Å². The van der Waals surface area contributed by atoms with E-state index >= 15 is 0 Å². The zero-order valence-electron chi connectivity index (χ0n) is 32.2. The topological polar surface area (TPSA) is 25.8 Å². The molecule has 0 bridgehead atoms. The summed E-state index contributed by atoms with van der Waals surface area (Å²) in [7, 11) is 0. The monoisotopic (exact) mass is 748 g/mol. The third-order valence-electron chi connectivity index (χ3n) is 12.5. The van der Waals surface area contributed by atoms with Crippen LogP contribution in [0, 0.1) is 0 Å². The smallest absolute Gasteiger partial charge is 0.0972 e. The zero-order chi connectivity index (χ0) is 38.9. The average molecular weight is 749 g/mol. The van der Waals surface area contributed by atoms with Gasteiger partial charge in [-0.2, -0.15) is 0 Å². The molecule has 2 heterocycles. The number of fused-ring (bicyclic) bond motifs is 9. The van der Waals surface area contributed by atoms with E-state index in [2.05, 4.69) is 212 Å². The molecular weight excluding hydrogens is 713 g/mol. The third kappa shape index (κ3) is 5.06. The van der Waals surface area contributed by atoms with Gasteiger partial charge in [0.05, 0.1) is 27.8 Å². The van der Waals surface area contributed by atoms with Crippen LogP contribution in [0.3, 0.4) is 0 Å². The van der Waals surface area contributed by atoms with E-state index in [1.807, 2.05) is 6.07 Å². The number of nitrogens with zero attached hydrogens (tertiary/aromatic N) is 2. The van der Waals surface area contributed by atoms with Crippen LogP contribution in [-0.2, 0) is 5.41 Å². The number of hydrogen-bond donors (Lipinski definition) is 0. The van der Waals surface area contributed by atoms with E-state index in [4.69, 9.17) is 9.97 Å². The summed E-state index contributed by atoms with van der Waals surface area (Å²) in [5.74, 6) is 0. The molecule has 2 nitrogen and oxygen atoms in total. The van der Waals surface area contributed by atoms with Crippen LogP contribution in [0.4, 0.5) is 0 Å². The van der Waals surface area contributed by atoms with Crippen molar-refractivity contribution >= 4 is 43.4 Å². The van der Waals surface area contributed by atoms with E-state index in [0.29, 0.717) is 0 Å². The van der Waals surface area contributed by atoms with Crippen LogP contribution in [0.25, 0.3) is 88.1 Å². The van der Waals surface area contributed by atoms with Crippen LogP contribution in [0.1, 0.15) is 22.3 Å². The second kappa shape index (κ2) is 13.2. The van der Waals surface area contributed by atoms with Crippen LogP contribution in [-0.4, -0.2) is 9.97 Å². The first kappa shape index (κ1) is 33.5. The summed E-state index contributed by atoms with van der Waals surface area (Å²) in [6, 6.07) is 79.4. The average Bonchev–Trinajstić information content (AvgIpc) is 3.63. The first-order valence-electron chi connectivity index (χ1n) is 20.3. The predicted molar refractivity (Wildman–Crippen MR) is 246 cm³/mol. The minimum atomic E-state index is -0.458. The van der Waals surface area contributed by atoms with Gasteiger partial charge in [0.15, 0.2) is 0 Å². The highest BCUT2D eigenvalue weighted by molar-refractivity contribution is 6.08. The van der Waals surface area contributed by atoms with Gasteiger partial charge in [-0.05, 0) is 84.3 Å². The molecule has 12 rings (SSSR count). The first-order chi connectivity index (χ1) is 29.3. The molecule has 0 saturated carbocycles. The molecule has 0 unspecified atom stereocenters. The fourth-order valence-corrected chi connectivity index (χ4v) is 9.92. The molecule has 1 aliphatic rings. The van der Waals surface area contributed by atoms with Crippen molar-refractivity contribution < 1.29 is 0 Å². The maximum Gasteiger partial charge on any atom is 0.0972 e. The van der Waals surface area contributed by atoms with Crippen molar-refractivity contribution in [2.24, 2.45) is 0 Å². The molecule has 11 aromatic rings. The molecule has 0 N–H and O–H groups in total. The van der Waals surface area contributed by atoms with Crippen LogP contribution < -0.4 is 0 Å². The summed E-state index contributed by atoms with van der Waals surface area (Å²) in [6.07, 6.45) is 0. The highest BCUT2D eigenvalue weighted by Gasteiger charge is 2.46. The molecule has 0 saturated heterocycles. The molecule has 0 aliphatic heterocycles. The highest BCUT2D eigenvalue weighted by Crippen LogP contribution is 2.58. The summed E-state index contributed by atoms with van der Waals surface area (Å²) in [4.78, 5) is 10.5. The quantitative estimate of drug-likeness (QED) is 0.164. The molecule has 1 aliphatic carbocycles. The van der Waals surface area contributed by atoms with Gasteiger partial charge in [0.2, 0.25) is 0 Å². The summed E-state index contributed by atoms with van der Waals surface area (Å²) in [5.41, 5.74) is 15.7. The second-order valence-electron chi connectivity index (χ2n) is 15.6. The Morgan fingerprint density at radius 2 is 0.847 bits per heavy atom. The second-order valence-corrected chi connectivity index (χ2v) is 15.6. The lowest BCUT2D eigenvalue weighted by molar-refractivity contribution is 0.775. The number of rotatable bonds is 5. The molecule has 0 radical (unpaired) electrons. The predicted octanol–water partition coefficient (Wildman–Crippen LogP) is 14.5. The van der Waals surface area contributed by atoms with Crippen molar-refractivity contribution in [2.45, 2.75) is 5.41 Å². The number of pyridine rings is 2. The summed E-state index contributed by atoms with van der Waals surface area (Å²) >= 11 is 0. The molecular formula is C57H36N2. The molecule has 2 heteroatoms. The van der Waals surface area contributed by atoms with Crippen molar-refractivity contribution in [3.8, 4) is 44.8 Å². The van der Waals surface area contributed by atoms with Gasteiger partial charge in [0, 0.05) is 21.9 Å². The molecule has 0 atom stereocenters.